The van der Waals surface area contributed by atoms with Gasteiger partial charge in [-0.15, -0.1) is 0 Å². The summed E-state index contributed by atoms with van der Waals surface area (Å²) in [6.07, 6.45) is 0. The molecular weight excluding hydrogens is 468 g/mol. The Balaban J connectivity index is 1.85. The Morgan fingerprint density at radius 1 is 0.914 bits per heavy atom. The summed E-state index contributed by atoms with van der Waals surface area (Å²) in [7, 11) is -4.05. The number of ether oxygens (including phenoxy) is 2. The summed E-state index contributed by atoms with van der Waals surface area (Å²) in [4.78, 5) is 24.9. The molecule has 184 valence electrons. The van der Waals surface area contributed by atoms with Gasteiger partial charge in [-0.25, -0.2) is 13.2 Å². The number of amides is 1. The molecule has 0 aliphatic carbocycles. The number of para-hydroxylation sites is 1. The maximum absolute atomic E-state index is 13.5. The number of hydrogen-bond donors (Lipinski definition) is 1. The highest BCUT2D eigenvalue weighted by atomic mass is 32.2. The number of rotatable bonds is 10. The maximum atomic E-state index is 13.5. The number of sulfonamides is 1. The highest BCUT2D eigenvalue weighted by molar-refractivity contribution is 7.92. The lowest BCUT2D eigenvalue weighted by atomic mass is 10.1. The summed E-state index contributed by atoms with van der Waals surface area (Å²) in [5, 5.41) is 2.74. The Labute approximate surface area is 205 Å². The Morgan fingerprint density at radius 3 is 2.20 bits per heavy atom. The molecule has 0 fully saturated rings. The van der Waals surface area contributed by atoms with E-state index >= 15 is 0 Å². The second-order valence-corrected chi connectivity index (χ2v) is 9.41. The van der Waals surface area contributed by atoms with Crippen molar-refractivity contribution >= 4 is 33.3 Å². The van der Waals surface area contributed by atoms with Gasteiger partial charge in [-0.2, -0.15) is 0 Å². The molecule has 0 aliphatic rings. The van der Waals surface area contributed by atoms with Crippen LogP contribution in [0.4, 0.5) is 11.4 Å². The number of hydrogen-bond acceptors (Lipinski definition) is 6. The van der Waals surface area contributed by atoms with Crippen LogP contribution in [0.3, 0.4) is 0 Å². The predicted molar refractivity (Wildman–Crippen MR) is 134 cm³/mol. The zero-order valence-electron chi connectivity index (χ0n) is 19.9. The largest absolute Gasteiger partial charge is 0.494 e. The van der Waals surface area contributed by atoms with Gasteiger partial charge < -0.3 is 14.8 Å². The van der Waals surface area contributed by atoms with Gasteiger partial charge in [0.25, 0.3) is 10.0 Å². The molecule has 0 spiro atoms. The van der Waals surface area contributed by atoms with E-state index in [0.29, 0.717) is 34.9 Å². The van der Waals surface area contributed by atoms with Crippen molar-refractivity contribution in [3.05, 3.63) is 83.9 Å². The lowest BCUT2D eigenvalue weighted by molar-refractivity contribution is -0.114. The topological polar surface area (TPSA) is 102 Å². The maximum Gasteiger partial charge on any atom is 0.338 e. The quantitative estimate of drug-likeness (QED) is 0.417. The van der Waals surface area contributed by atoms with E-state index in [-0.39, 0.29) is 11.5 Å². The molecule has 0 aliphatic heterocycles. The van der Waals surface area contributed by atoms with Gasteiger partial charge in [0.1, 0.15) is 12.3 Å². The molecule has 0 saturated carbocycles. The van der Waals surface area contributed by atoms with Crippen molar-refractivity contribution in [3.8, 4) is 5.75 Å². The van der Waals surface area contributed by atoms with Crippen molar-refractivity contribution in [2.75, 3.05) is 29.4 Å². The minimum absolute atomic E-state index is 0.0348. The molecule has 0 heterocycles. The van der Waals surface area contributed by atoms with E-state index in [0.717, 1.165) is 4.31 Å². The Hall–Kier alpha value is -3.85. The van der Waals surface area contributed by atoms with Crippen LogP contribution in [0, 0.1) is 6.92 Å². The Morgan fingerprint density at radius 2 is 1.60 bits per heavy atom. The third-order valence-corrected chi connectivity index (χ3v) is 6.85. The number of esters is 1. The standard InChI is InChI=1S/C26H28N2O6S/c1-4-33-22-12-14-23(15-13-22)35(31,32)28(21-9-7-6-8-10-21)18-25(29)27-24-16-11-20(17-19(24)3)26(30)34-5-2/h6-17H,4-5,18H2,1-3H3,(H,27,29). The van der Waals surface area contributed by atoms with Gasteiger partial charge in [-0.05, 0) is 80.9 Å². The van der Waals surface area contributed by atoms with E-state index < -0.39 is 28.4 Å². The van der Waals surface area contributed by atoms with Gasteiger partial charge in [0.2, 0.25) is 5.91 Å². The monoisotopic (exact) mass is 496 g/mol. The predicted octanol–water partition coefficient (Wildman–Crippen LogP) is 4.40. The number of carbonyl (C=O) groups excluding carboxylic acids is 2. The molecule has 0 bridgehead atoms. The molecule has 3 rings (SSSR count). The third kappa shape index (κ3) is 6.39. The SMILES string of the molecule is CCOC(=O)c1ccc(NC(=O)CN(c2ccccc2)S(=O)(=O)c2ccc(OCC)cc2)c(C)c1. The van der Waals surface area contributed by atoms with Crippen molar-refractivity contribution in [1.82, 2.24) is 0 Å². The van der Waals surface area contributed by atoms with Crippen LogP contribution in [0.15, 0.2) is 77.7 Å². The van der Waals surface area contributed by atoms with E-state index in [2.05, 4.69) is 5.32 Å². The molecule has 0 saturated heterocycles. The van der Waals surface area contributed by atoms with Crippen LogP contribution in [-0.2, 0) is 19.6 Å². The number of benzene rings is 3. The summed E-state index contributed by atoms with van der Waals surface area (Å²) in [6, 6.07) is 19.2. The average Bonchev–Trinajstić information content (AvgIpc) is 2.85. The summed E-state index contributed by atoms with van der Waals surface area (Å²) < 4.78 is 38.4. The van der Waals surface area contributed by atoms with E-state index in [9.17, 15) is 18.0 Å². The van der Waals surface area contributed by atoms with Crippen molar-refractivity contribution < 1.29 is 27.5 Å². The first-order valence-corrected chi connectivity index (χ1v) is 12.6. The molecule has 3 aromatic carbocycles. The summed E-state index contributed by atoms with van der Waals surface area (Å²) >= 11 is 0. The second kappa shape index (κ2) is 11.5. The molecule has 0 radical (unpaired) electrons. The van der Waals surface area contributed by atoms with Crippen molar-refractivity contribution in [2.24, 2.45) is 0 Å². The lowest BCUT2D eigenvalue weighted by Crippen LogP contribution is -2.38. The van der Waals surface area contributed by atoms with Crippen LogP contribution in [-0.4, -0.2) is 40.1 Å². The molecule has 35 heavy (non-hydrogen) atoms. The molecule has 0 aromatic heterocycles. The molecule has 0 unspecified atom stereocenters. The van der Waals surface area contributed by atoms with Crippen LogP contribution < -0.4 is 14.4 Å². The molecule has 1 N–H and O–H groups in total. The molecule has 8 nitrogen and oxygen atoms in total. The summed E-state index contributed by atoms with van der Waals surface area (Å²) in [5.74, 6) is -0.433. The summed E-state index contributed by atoms with van der Waals surface area (Å²) in [6.45, 7) is 5.57. The van der Waals surface area contributed by atoms with Gasteiger partial charge >= 0.3 is 5.97 Å². The Kier molecular flexibility index (Phi) is 8.48. The van der Waals surface area contributed by atoms with Crippen LogP contribution in [0.5, 0.6) is 5.75 Å². The lowest BCUT2D eigenvalue weighted by Gasteiger charge is -2.24. The first-order valence-electron chi connectivity index (χ1n) is 11.1. The van der Waals surface area contributed by atoms with E-state index in [4.69, 9.17) is 9.47 Å². The third-order valence-electron chi connectivity index (χ3n) is 5.07. The fourth-order valence-corrected chi connectivity index (χ4v) is 4.80. The summed E-state index contributed by atoms with van der Waals surface area (Å²) in [5.41, 5.74) is 1.83. The first-order chi connectivity index (χ1) is 16.8. The molecule has 1 amide bonds. The smallest absolute Gasteiger partial charge is 0.338 e. The minimum Gasteiger partial charge on any atom is -0.494 e. The first kappa shape index (κ1) is 25.8. The van der Waals surface area contributed by atoms with Crippen molar-refractivity contribution in [1.29, 1.82) is 0 Å². The van der Waals surface area contributed by atoms with Gasteiger partial charge in [-0.3, -0.25) is 9.10 Å². The van der Waals surface area contributed by atoms with Crippen LogP contribution in [0.1, 0.15) is 29.8 Å². The van der Waals surface area contributed by atoms with E-state index in [1.165, 1.54) is 12.1 Å². The zero-order chi connectivity index (χ0) is 25.4. The van der Waals surface area contributed by atoms with Crippen molar-refractivity contribution in [2.45, 2.75) is 25.7 Å². The normalized spacial score (nSPS) is 10.9. The van der Waals surface area contributed by atoms with E-state index in [1.54, 1.807) is 74.5 Å². The molecule has 3 aromatic rings. The fraction of sp³-hybridized carbons (Fsp3) is 0.231. The number of anilines is 2. The number of carbonyl (C=O) groups is 2. The van der Waals surface area contributed by atoms with Crippen LogP contribution in [0.25, 0.3) is 0 Å². The van der Waals surface area contributed by atoms with Gasteiger partial charge in [-0.1, -0.05) is 18.2 Å². The van der Waals surface area contributed by atoms with Crippen molar-refractivity contribution in [3.63, 3.8) is 0 Å². The van der Waals surface area contributed by atoms with Crippen LogP contribution >= 0.6 is 0 Å². The van der Waals surface area contributed by atoms with Crippen LogP contribution in [0.2, 0.25) is 0 Å². The highest BCUT2D eigenvalue weighted by Crippen LogP contribution is 2.25. The Bertz CT molecular complexity index is 1270. The van der Waals surface area contributed by atoms with Gasteiger partial charge in [0, 0.05) is 5.69 Å². The zero-order valence-corrected chi connectivity index (χ0v) is 20.7. The van der Waals surface area contributed by atoms with E-state index in [1.807, 2.05) is 6.92 Å². The number of nitrogens with zero attached hydrogens (tertiary/aromatic N) is 1. The highest BCUT2D eigenvalue weighted by Gasteiger charge is 2.27. The second-order valence-electron chi connectivity index (χ2n) is 7.55. The minimum atomic E-state index is -4.05. The molecule has 9 heteroatoms. The fourth-order valence-electron chi connectivity index (χ4n) is 3.38. The average molecular weight is 497 g/mol. The number of aryl methyl sites for hydroxylation is 1. The van der Waals surface area contributed by atoms with Gasteiger partial charge in [0.15, 0.2) is 0 Å². The molecular formula is C26H28N2O6S. The molecule has 0 atom stereocenters. The van der Waals surface area contributed by atoms with Gasteiger partial charge in [0.05, 0.1) is 29.4 Å². The number of nitrogens with one attached hydrogen (secondary N) is 1.